The summed E-state index contributed by atoms with van der Waals surface area (Å²) in [5.41, 5.74) is 3.53. The third-order valence-electron chi connectivity index (χ3n) is 3.19. The van der Waals surface area contributed by atoms with Gasteiger partial charge in [-0.15, -0.1) is 6.42 Å². The van der Waals surface area contributed by atoms with Crippen LogP contribution in [0.25, 0.3) is 0 Å². The molecule has 1 atom stereocenters. The molecule has 0 saturated heterocycles. The Labute approximate surface area is 108 Å². The fourth-order valence-corrected chi connectivity index (χ4v) is 1.86. The van der Waals surface area contributed by atoms with Gasteiger partial charge in [0, 0.05) is 6.04 Å². The molecule has 1 aromatic rings. The molecule has 96 valence electrons. The van der Waals surface area contributed by atoms with Crippen LogP contribution in [0.1, 0.15) is 29.7 Å². The van der Waals surface area contributed by atoms with Crippen LogP contribution in [-0.4, -0.2) is 29.1 Å². The second kappa shape index (κ2) is 6.23. The predicted octanol–water partition coefficient (Wildman–Crippen LogP) is 2.38. The highest BCUT2D eigenvalue weighted by atomic mass is 16.4. The number of carbonyl (C=O) groups is 1. The van der Waals surface area contributed by atoms with Crippen molar-refractivity contribution in [1.29, 1.82) is 0 Å². The Morgan fingerprint density at radius 1 is 1.44 bits per heavy atom. The van der Waals surface area contributed by atoms with Gasteiger partial charge in [0.2, 0.25) is 0 Å². The van der Waals surface area contributed by atoms with E-state index in [0.29, 0.717) is 6.54 Å². The summed E-state index contributed by atoms with van der Waals surface area (Å²) in [5, 5.41) is 8.89. The number of nitrogens with zero attached hydrogens (tertiary/aromatic N) is 1. The van der Waals surface area contributed by atoms with Gasteiger partial charge in [0.25, 0.3) is 0 Å². The average Bonchev–Trinajstić information content (AvgIpc) is 2.31. The zero-order chi connectivity index (χ0) is 13.7. The van der Waals surface area contributed by atoms with E-state index in [1.54, 1.807) is 4.90 Å². The van der Waals surface area contributed by atoms with E-state index in [4.69, 9.17) is 11.5 Å². The van der Waals surface area contributed by atoms with Crippen LogP contribution in [0.5, 0.6) is 0 Å². The van der Waals surface area contributed by atoms with Crippen molar-refractivity contribution >= 4 is 5.97 Å². The van der Waals surface area contributed by atoms with Crippen molar-refractivity contribution in [1.82, 2.24) is 4.90 Å². The molecular weight excluding hydrogens is 226 g/mol. The highest BCUT2D eigenvalue weighted by Crippen LogP contribution is 2.22. The molecule has 1 N–H and O–H groups in total. The molecule has 18 heavy (non-hydrogen) atoms. The summed E-state index contributed by atoms with van der Waals surface area (Å²) in [6.07, 6.45) is 5.29. The van der Waals surface area contributed by atoms with E-state index in [2.05, 4.69) is 25.0 Å². The molecule has 0 aromatic heterocycles. The number of aliphatic carboxylic acids is 1. The minimum Gasteiger partial charge on any atom is -0.480 e. The van der Waals surface area contributed by atoms with E-state index in [-0.39, 0.29) is 12.6 Å². The minimum atomic E-state index is -0.860. The largest absolute Gasteiger partial charge is 0.480 e. The molecule has 3 heteroatoms. The Kier molecular flexibility index (Phi) is 4.94. The fourth-order valence-electron chi connectivity index (χ4n) is 1.86. The normalized spacial score (nSPS) is 12.2. The smallest absolute Gasteiger partial charge is 0.317 e. The fraction of sp³-hybridized carbons (Fsp3) is 0.400. The maximum absolute atomic E-state index is 10.8. The molecule has 0 bridgehead atoms. The highest BCUT2D eigenvalue weighted by Gasteiger charge is 2.17. The van der Waals surface area contributed by atoms with Gasteiger partial charge in [-0.3, -0.25) is 9.69 Å². The summed E-state index contributed by atoms with van der Waals surface area (Å²) in [7, 11) is 0. The van der Waals surface area contributed by atoms with Gasteiger partial charge in [-0.2, -0.15) is 0 Å². The van der Waals surface area contributed by atoms with Crippen molar-refractivity contribution in [3.63, 3.8) is 0 Å². The van der Waals surface area contributed by atoms with Crippen molar-refractivity contribution < 1.29 is 9.90 Å². The van der Waals surface area contributed by atoms with Gasteiger partial charge in [-0.1, -0.05) is 24.1 Å². The first-order valence-electron chi connectivity index (χ1n) is 5.92. The lowest BCUT2D eigenvalue weighted by atomic mass is 10.0. The monoisotopic (exact) mass is 245 g/mol. The molecule has 0 heterocycles. The molecule has 0 spiro atoms. The first kappa shape index (κ1) is 14.3. The second-order valence-corrected chi connectivity index (χ2v) is 4.52. The first-order chi connectivity index (χ1) is 8.45. The Hall–Kier alpha value is -1.79. The molecule has 0 radical (unpaired) electrons. The third-order valence-corrected chi connectivity index (χ3v) is 3.19. The Morgan fingerprint density at radius 2 is 2.11 bits per heavy atom. The molecule has 1 aromatic carbocycles. The summed E-state index contributed by atoms with van der Waals surface area (Å²) in [5.74, 6) is 1.65. The molecule has 1 rings (SSSR count). The number of terminal acetylenes is 1. The summed E-state index contributed by atoms with van der Waals surface area (Å²) in [6, 6.07) is 6.16. The second-order valence-electron chi connectivity index (χ2n) is 4.52. The maximum Gasteiger partial charge on any atom is 0.317 e. The number of rotatable bonds is 5. The molecule has 0 aliphatic carbocycles. The molecule has 0 saturated carbocycles. The van der Waals surface area contributed by atoms with Gasteiger partial charge in [-0.05, 0) is 37.5 Å². The average molecular weight is 245 g/mol. The molecular formula is C15H19NO2. The molecule has 0 aliphatic heterocycles. The van der Waals surface area contributed by atoms with Crippen LogP contribution in [-0.2, 0) is 4.79 Å². The van der Waals surface area contributed by atoms with Gasteiger partial charge in [0.05, 0.1) is 13.1 Å². The van der Waals surface area contributed by atoms with Gasteiger partial charge >= 0.3 is 5.97 Å². The van der Waals surface area contributed by atoms with E-state index in [9.17, 15) is 4.79 Å². The zero-order valence-corrected chi connectivity index (χ0v) is 11.1. The predicted molar refractivity (Wildman–Crippen MR) is 72.4 cm³/mol. The number of hydrogen-bond donors (Lipinski definition) is 1. The van der Waals surface area contributed by atoms with E-state index in [0.717, 1.165) is 5.56 Å². The van der Waals surface area contributed by atoms with Crippen LogP contribution >= 0.6 is 0 Å². The molecule has 0 aliphatic rings. The van der Waals surface area contributed by atoms with Crippen molar-refractivity contribution in [2.45, 2.75) is 26.8 Å². The van der Waals surface area contributed by atoms with Crippen molar-refractivity contribution in [2.75, 3.05) is 13.1 Å². The van der Waals surface area contributed by atoms with Crippen molar-refractivity contribution in [2.24, 2.45) is 0 Å². The van der Waals surface area contributed by atoms with E-state index >= 15 is 0 Å². The minimum absolute atomic E-state index is 0.00329. The number of hydrogen-bond acceptors (Lipinski definition) is 2. The molecule has 3 nitrogen and oxygen atoms in total. The van der Waals surface area contributed by atoms with Gasteiger partial charge in [-0.25, -0.2) is 0 Å². The van der Waals surface area contributed by atoms with Gasteiger partial charge in [0.15, 0.2) is 0 Å². The Morgan fingerprint density at radius 3 is 2.61 bits per heavy atom. The lowest BCUT2D eigenvalue weighted by molar-refractivity contribution is -0.138. The van der Waals surface area contributed by atoms with Crippen molar-refractivity contribution in [3.8, 4) is 12.3 Å². The lowest BCUT2D eigenvalue weighted by Crippen LogP contribution is -2.32. The van der Waals surface area contributed by atoms with Crippen LogP contribution in [0.2, 0.25) is 0 Å². The Balaban J connectivity index is 2.94. The van der Waals surface area contributed by atoms with E-state index in [1.807, 2.05) is 19.9 Å². The number of benzene rings is 1. The SMILES string of the molecule is C#CCN(CC(=O)O)C(C)c1ccc(C)c(C)c1. The summed E-state index contributed by atoms with van der Waals surface area (Å²) in [4.78, 5) is 12.6. The van der Waals surface area contributed by atoms with E-state index < -0.39 is 5.97 Å². The van der Waals surface area contributed by atoms with E-state index in [1.165, 1.54) is 11.1 Å². The Bertz CT molecular complexity index is 474. The summed E-state index contributed by atoms with van der Waals surface area (Å²) in [6.45, 7) is 6.37. The van der Waals surface area contributed by atoms with Crippen LogP contribution in [0.4, 0.5) is 0 Å². The zero-order valence-electron chi connectivity index (χ0n) is 11.1. The standard InChI is InChI=1S/C15H19NO2/c1-5-8-16(10-15(17)18)13(4)14-7-6-11(2)12(3)9-14/h1,6-7,9,13H,8,10H2,2-4H3,(H,17,18). The maximum atomic E-state index is 10.8. The van der Waals surface area contributed by atoms with Crippen LogP contribution in [0.3, 0.4) is 0 Å². The van der Waals surface area contributed by atoms with Crippen LogP contribution < -0.4 is 0 Å². The highest BCUT2D eigenvalue weighted by molar-refractivity contribution is 5.69. The number of aryl methyl sites for hydroxylation is 2. The topological polar surface area (TPSA) is 40.5 Å². The van der Waals surface area contributed by atoms with Crippen LogP contribution in [0.15, 0.2) is 18.2 Å². The van der Waals surface area contributed by atoms with Gasteiger partial charge in [0.1, 0.15) is 0 Å². The van der Waals surface area contributed by atoms with Crippen molar-refractivity contribution in [3.05, 3.63) is 34.9 Å². The third kappa shape index (κ3) is 3.61. The summed E-state index contributed by atoms with van der Waals surface area (Å²) >= 11 is 0. The van der Waals surface area contributed by atoms with Crippen LogP contribution in [0, 0.1) is 26.2 Å². The first-order valence-corrected chi connectivity index (χ1v) is 5.92. The summed E-state index contributed by atoms with van der Waals surface area (Å²) < 4.78 is 0. The number of carboxylic acid groups (broad SMARTS) is 1. The molecule has 1 unspecified atom stereocenters. The van der Waals surface area contributed by atoms with Gasteiger partial charge < -0.3 is 5.11 Å². The molecule has 0 amide bonds. The molecule has 0 fully saturated rings. The quantitative estimate of drug-likeness (QED) is 0.810. The number of carboxylic acids is 1. The lowest BCUT2D eigenvalue weighted by Gasteiger charge is -2.26.